The third-order valence-electron chi connectivity index (χ3n) is 4.56. The SMILES string of the molecule is Cc1ccccc1N1CCN([C@H]2CCCNC2)CC1. The first-order chi connectivity index (χ1) is 9.34. The number of nitrogens with zero attached hydrogens (tertiary/aromatic N) is 2. The Hall–Kier alpha value is -1.06. The van der Waals surface area contributed by atoms with Crippen molar-refractivity contribution in [3.63, 3.8) is 0 Å². The van der Waals surface area contributed by atoms with Crippen LogP contribution < -0.4 is 10.2 Å². The number of anilines is 1. The van der Waals surface area contributed by atoms with E-state index in [1.165, 1.54) is 63.4 Å². The van der Waals surface area contributed by atoms with Crippen LogP contribution in [0.25, 0.3) is 0 Å². The summed E-state index contributed by atoms with van der Waals surface area (Å²) in [6, 6.07) is 9.52. The van der Waals surface area contributed by atoms with Gasteiger partial charge in [-0.25, -0.2) is 0 Å². The fourth-order valence-electron chi connectivity index (χ4n) is 3.39. The van der Waals surface area contributed by atoms with Gasteiger partial charge in [-0.15, -0.1) is 0 Å². The predicted molar refractivity (Wildman–Crippen MR) is 80.9 cm³/mol. The van der Waals surface area contributed by atoms with E-state index in [2.05, 4.69) is 46.3 Å². The van der Waals surface area contributed by atoms with Gasteiger partial charge >= 0.3 is 0 Å². The lowest BCUT2D eigenvalue weighted by atomic mass is 10.0. The van der Waals surface area contributed by atoms with Gasteiger partial charge in [0.05, 0.1) is 0 Å². The van der Waals surface area contributed by atoms with E-state index in [4.69, 9.17) is 0 Å². The van der Waals surface area contributed by atoms with E-state index < -0.39 is 0 Å². The molecule has 0 amide bonds. The summed E-state index contributed by atoms with van der Waals surface area (Å²) in [5.74, 6) is 0. The molecule has 0 aliphatic carbocycles. The Morgan fingerprint density at radius 2 is 1.89 bits per heavy atom. The van der Waals surface area contributed by atoms with Crippen LogP contribution in [0.3, 0.4) is 0 Å². The summed E-state index contributed by atoms with van der Waals surface area (Å²) >= 11 is 0. The highest BCUT2D eigenvalue weighted by Crippen LogP contribution is 2.22. The van der Waals surface area contributed by atoms with E-state index in [1.54, 1.807) is 0 Å². The van der Waals surface area contributed by atoms with Crippen molar-refractivity contribution in [2.45, 2.75) is 25.8 Å². The molecule has 2 heterocycles. The molecule has 1 aromatic carbocycles. The van der Waals surface area contributed by atoms with Gasteiger partial charge in [0.15, 0.2) is 0 Å². The Bertz CT molecular complexity index is 404. The molecule has 2 aliphatic rings. The number of piperidine rings is 1. The van der Waals surface area contributed by atoms with Gasteiger partial charge in [0.2, 0.25) is 0 Å². The summed E-state index contributed by atoms with van der Waals surface area (Å²) in [4.78, 5) is 5.23. The van der Waals surface area contributed by atoms with Crippen LogP contribution in [0.2, 0.25) is 0 Å². The van der Waals surface area contributed by atoms with Gasteiger partial charge in [0.25, 0.3) is 0 Å². The summed E-state index contributed by atoms with van der Waals surface area (Å²) in [7, 11) is 0. The van der Waals surface area contributed by atoms with Crippen LogP contribution in [0.15, 0.2) is 24.3 Å². The summed E-state index contributed by atoms with van der Waals surface area (Å²) in [5.41, 5.74) is 2.82. The van der Waals surface area contributed by atoms with Gasteiger partial charge in [0, 0.05) is 44.5 Å². The minimum atomic E-state index is 0.771. The second kappa shape index (κ2) is 5.93. The first-order valence-electron chi connectivity index (χ1n) is 7.60. The molecule has 0 saturated carbocycles. The third kappa shape index (κ3) is 2.93. The molecule has 3 rings (SSSR count). The summed E-state index contributed by atoms with van der Waals surface area (Å²) < 4.78 is 0. The molecular weight excluding hydrogens is 234 g/mol. The molecule has 0 aromatic heterocycles. The number of benzene rings is 1. The Morgan fingerprint density at radius 1 is 1.11 bits per heavy atom. The lowest BCUT2D eigenvalue weighted by Crippen LogP contribution is -2.54. The van der Waals surface area contributed by atoms with Gasteiger partial charge in [-0.05, 0) is 37.9 Å². The van der Waals surface area contributed by atoms with Gasteiger partial charge in [-0.1, -0.05) is 18.2 Å². The maximum Gasteiger partial charge on any atom is 0.0396 e. The summed E-state index contributed by atoms with van der Waals surface area (Å²) in [6.45, 7) is 9.36. The van der Waals surface area contributed by atoms with Crippen LogP contribution in [0, 0.1) is 6.92 Å². The molecule has 0 bridgehead atoms. The van der Waals surface area contributed by atoms with E-state index in [1.807, 2.05) is 0 Å². The van der Waals surface area contributed by atoms with Crippen molar-refractivity contribution in [3.05, 3.63) is 29.8 Å². The Labute approximate surface area is 116 Å². The van der Waals surface area contributed by atoms with Crippen molar-refractivity contribution in [2.24, 2.45) is 0 Å². The normalized spacial score (nSPS) is 25.5. The molecule has 1 N–H and O–H groups in total. The monoisotopic (exact) mass is 259 g/mol. The Balaban J connectivity index is 1.58. The van der Waals surface area contributed by atoms with Gasteiger partial charge in [0.1, 0.15) is 0 Å². The lowest BCUT2D eigenvalue weighted by molar-refractivity contribution is 0.157. The van der Waals surface area contributed by atoms with Crippen molar-refractivity contribution in [1.29, 1.82) is 0 Å². The molecule has 3 heteroatoms. The minimum Gasteiger partial charge on any atom is -0.369 e. The van der Waals surface area contributed by atoms with Crippen LogP contribution in [0.5, 0.6) is 0 Å². The average Bonchev–Trinajstić information content (AvgIpc) is 2.49. The fraction of sp³-hybridized carbons (Fsp3) is 0.625. The smallest absolute Gasteiger partial charge is 0.0396 e. The quantitative estimate of drug-likeness (QED) is 0.875. The van der Waals surface area contributed by atoms with Crippen molar-refractivity contribution >= 4 is 5.69 Å². The number of aryl methyl sites for hydroxylation is 1. The number of hydrogen-bond acceptors (Lipinski definition) is 3. The van der Waals surface area contributed by atoms with E-state index in [0.29, 0.717) is 0 Å². The van der Waals surface area contributed by atoms with Crippen LogP contribution >= 0.6 is 0 Å². The molecule has 2 saturated heterocycles. The highest BCUT2D eigenvalue weighted by atomic mass is 15.3. The van der Waals surface area contributed by atoms with Gasteiger partial charge in [-0.2, -0.15) is 0 Å². The largest absolute Gasteiger partial charge is 0.369 e. The Kier molecular flexibility index (Phi) is 4.04. The second-order valence-electron chi connectivity index (χ2n) is 5.81. The summed E-state index contributed by atoms with van der Waals surface area (Å²) in [6.07, 6.45) is 2.71. The first-order valence-corrected chi connectivity index (χ1v) is 7.60. The molecule has 104 valence electrons. The average molecular weight is 259 g/mol. The van der Waals surface area contributed by atoms with Crippen molar-refractivity contribution in [3.8, 4) is 0 Å². The number of nitrogens with one attached hydrogen (secondary N) is 1. The minimum absolute atomic E-state index is 0.771. The van der Waals surface area contributed by atoms with E-state index in [-0.39, 0.29) is 0 Å². The van der Waals surface area contributed by atoms with E-state index in [0.717, 1.165) is 6.04 Å². The van der Waals surface area contributed by atoms with Crippen molar-refractivity contribution in [1.82, 2.24) is 10.2 Å². The number of hydrogen-bond donors (Lipinski definition) is 1. The molecule has 19 heavy (non-hydrogen) atoms. The maximum atomic E-state index is 3.53. The summed E-state index contributed by atoms with van der Waals surface area (Å²) in [5, 5.41) is 3.53. The highest BCUT2D eigenvalue weighted by Gasteiger charge is 2.25. The molecule has 0 spiro atoms. The molecule has 0 radical (unpaired) electrons. The number of piperazine rings is 1. The highest BCUT2D eigenvalue weighted by molar-refractivity contribution is 5.53. The predicted octanol–water partition coefficient (Wildman–Crippen LogP) is 1.87. The molecule has 2 fully saturated rings. The maximum absolute atomic E-state index is 3.53. The van der Waals surface area contributed by atoms with Crippen LogP contribution in [0.4, 0.5) is 5.69 Å². The van der Waals surface area contributed by atoms with E-state index >= 15 is 0 Å². The molecule has 0 unspecified atom stereocenters. The van der Waals surface area contributed by atoms with Crippen molar-refractivity contribution < 1.29 is 0 Å². The molecule has 3 nitrogen and oxygen atoms in total. The van der Waals surface area contributed by atoms with Crippen LogP contribution in [-0.2, 0) is 0 Å². The Morgan fingerprint density at radius 3 is 2.58 bits per heavy atom. The number of rotatable bonds is 2. The van der Waals surface area contributed by atoms with Gasteiger partial charge in [-0.3, -0.25) is 4.90 Å². The standard InChI is InChI=1S/C16H25N3/c1-14-5-2-3-7-16(14)19-11-9-18(10-12-19)15-6-4-8-17-13-15/h2-3,5,7,15,17H,4,6,8-13H2,1H3/t15-/m0/s1. The van der Waals surface area contributed by atoms with Crippen molar-refractivity contribution in [2.75, 3.05) is 44.2 Å². The first kappa shape index (κ1) is 12.9. The lowest BCUT2D eigenvalue weighted by Gasteiger charge is -2.42. The molecule has 1 atom stereocenters. The number of para-hydroxylation sites is 1. The topological polar surface area (TPSA) is 18.5 Å². The molecule has 2 aliphatic heterocycles. The van der Waals surface area contributed by atoms with Crippen LogP contribution in [0.1, 0.15) is 18.4 Å². The second-order valence-corrected chi connectivity index (χ2v) is 5.81. The van der Waals surface area contributed by atoms with Crippen LogP contribution in [-0.4, -0.2) is 50.2 Å². The van der Waals surface area contributed by atoms with Gasteiger partial charge < -0.3 is 10.2 Å². The molecular formula is C16H25N3. The third-order valence-corrected chi connectivity index (χ3v) is 4.56. The molecule has 1 aromatic rings. The van der Waals surface area contributed by atoms with E-state index in [9.17, 15) is 0 Å². The fourth-order valence-corrected chi connectivity index (χ4v) is 3.39. The zero-order valence-corrected chi connectivity index (χ0v) is 11.9. The zero-order valence-electron chi connectivity index (χ0n) is 11.9. The zero-order chi connectivity index (χ0) is 13.1.